The lowest BCUT2D eigenvalue weighted by Crippen LogP contribution is -2.22. The molecule has 0 radical (unpaired) electrons. The third kappa shape index (κ3) is 2.56. The van der Waals surface area contributed by atoms with Crippen LogP contribution in [0.15, 0.2) is 0 Å². The summed E-state index contributed by atoms with van der Waals surface area (Å²) in [6.45, 7) is 5.55. The lowest BCUT2D eigenvalue weighted by atomic mass is 10.1. The van der Waals surface area contributed by atoms with E-state index in [2.05, 4.69) is 10.4 Å². The van der Waals surface area contributed by atoms with Gasteiger partial charge in [-0.1, -0.05) is 11.6 Å². The van der Waals surface area contributed by atoms with E-state index >= 15 is 0 Å². The molecule has 0 aliphatic carbocycles. The predicted molar refractivity (Wildman–Crippen MR) is 63.6 cm³/mol. The van der Waals surface area contributed by atoms with Crippen LogP contribution >= 0.6 is 11.6 Å². The van der Waals surface area contributed by atoms with Crippen molar-refractivity contribution in [2.75, 3.05) is 19.8 Å². The molecule has 5 heteroatoms. The van der Waals surface area contributed by atoms with Crippen molar-refractivity contribution >= 4 is 11.6 Å². The lowest BCUT2D eigenvalue weighted by Gasteiger charge is -2.09. The predicted octanol–water partition coefficient (Wildman–Crippen LogP) is 1.51. The Bertz CT molecular complexity index is 358. The van der Waals surface area contributed by atoms with Crippen LogP contribution in [-0.4, -0.2) is 29.5 Å². The third-order valence-electron chi connectivity index (χ3n) is 3.03. The van der Waals surface area contributed by atoms with Crippen molar-refractivity contribution in [3.63, 3.8) is 0 Å². The van der Waals surface area contributed by atoms with E-state index in [9.17, 15) is 0 Å². The highest BCUT2D eigenvalue weighted by molar-refractivity contribution is 6.30. The molecule has 1 aliphatic rings. The van der Waals surface area contributed by atoms with Crippen LogP contribution in [0.5, 0.6) is 0 Å². The smallest absolute Gasteiger partial charge is 0.131 e. The largest absolute Gasteiger partial charge is 0.381 e. The molecule has 0 saturated carbocycles. The van der Waals surface area contributed by atoms with E-state index < -0.39 is 0 Å². The van der Waals surface area contributed by atoms with E-state index in [4.69, 9.17) is 16.3 Å². The molecule has 2 rings (SSSR count). The number of aromatic nitrogens is 2. The number of nitrogens with zero attached hydrogens (tertiary/aromatic N) is 2. The monoisotopic (exact) mass is 243 g/mol. The van der Waals surface area contributed by atoms with E-state index in [1.54, 1.807) is 4.68 Å². The quantitative estimate of drug-likeness (QED) is 0.871. The summed E-state index contributed by atoms with van der Waals surface area (Å²) in [6, 6.07) is 0. The molecule has 1 aromatic heterocycles. The zero-order chi connectivity index (χ0) is 11.5. The maximum atomic E-state index is 6.15. The number of hydrogen-bond donors (Lipinski definition) is 1. The Hall–Kier alpha value is -0.580. The summed E-state index contributed by atoms with van der Waals surface area (Å²) in [4.78, 5) is 0. The molecule has 4 nitrogen and oxygen atoms in total. The first-order valence-electron chi connectivity index (χ1n) is 5.65. The Morgan fingerprint density at radius 1 is 1.62 bits per heavy atom. The highest BCUT2D eigenvalue weighted by atomic mass is 35.5. The van der Waals surface area contributed by atoms with Gasteiger partial charge in [-0.3, -0.25) is 4.68 Å². The van der Waals surface area contributed by atoms with Crippen LogP contribution in [-0.2, 0) is 18.3 Å². The number of hydrogen-bond acceptors (Lipinski definition) is 3. The molecule has 1 aromatic rings. The second kappa shape index (κ2) is 5.17. The second-order valence-corrected chi connectivity index (χ2v) is 4.70. The molecule has 1 atom stereocenters. The van der Waals surface area contributed by atoms with E-state index in [1.165, 1.54) is 0 Å². The average Bonchev–Trinajstić information content (AvgIpc) is 2.82. The second-order valence-electron chi connectivity index (χ2n) is 4.34. The fourth-order valence-corrected chi connectivity index (χ4v) is 2.26. The van der Waals surface area contributed by atoms with Gasteiger partial charge < -0.3 is 10.1 Å². The summed E-state index contributed by atoms with van der Waals surface area (Å²) in [5, 5.41) is 8.43. The minimum atomic E-state index is 0.649. The molecule has 1 N–H and O–H groups in total. The standard InChI is InChI=1S/C11H18ClN3O/c1-8-10(11(12)15(2)14-8)6-13-5-9-3-4-16-7-9/h9,13H,3-7H2,1-2H3. The number of halogens is 1. The van der Waals surface area contributed by atoms with Gasteiger partial charge in [0.2, 0.25) is 0 Å². The molecule has 0 spiro atoms. The van der Waals surface area contributed by atoms with Gasteiger partial charge in [0.05, 0.1) is 12.3 Å². The molecule has 1 unspecified atom stereocenters. The summed E-state index contributed by atoms with van der Waals surface area (Å²) in [5.74, 6) is 0.649. The van der Waals surface area contributed by atoms with Crippen molar-refractivity contribution < 1.29 is 4.74 Å². The highest BCUT2D eigenvalue weighted by Crippen LogP contribution is 2.18. The topological polar surface area (TPSA) is 39.1 Å². The average molecular weight is 244 g/mol. The SMILES string of the molecule is Cc1nn(C)c(Cl)c1CNCC1CCOC1. The van der Waals surface area contributed by atoms with E-state index in [0.29, 0.717) is 5.92 Å². The van der Waals surface area contributed by atoms with Crippen LogP contribution in [0.25, 0.3) is 0 Å². The van der Waals surface area contributed by atoms with Crippen LogP contribution in [0.3, 0.4) is 0 Å². The Kier molecular flexibility index (Phi) is 3.84. The van der Waals surface area contributed by atoms with Crippen molar-refractivity contribution in [2.24, 2.45) is 13.0 Å². The summed E-state index contributed by atoms with van der Waals surface area (Å²) in [5.41, 5.74) is 2.10. The van der Waals surface area contributed by atoms with E-state index in [1.807, 2.05) is 14.0 Å². The van der Waals surface area contributed by atoms with Crippen LogP contribution < -0.4 is 5.32 Å². The molecule has 1 aliphatic heterocycles. The van der Waals surface area contributed by atoms with Crippen molar-refractivity contribution in [3.8, 4) is 0 Å². The Labute approximate surface area is 101 Å². The summed E-state index contributed by atoms with van der Waals surface area (Å²) < 4.78 is 7.04. The molecule has 1 saturated heterocycles. The van der Waals surface area contributed by atoms with Crippen LogP contribution in [0.4, 0.5) is 0 Å². The molecular weight excluding hydrogens is 226 g/mol. The van der Waals surface area contributed by atoms with Crippen molar-refractivity contribution in [1.29, 1.82) is 0 Å². The molecule has 0 bridgehead atoms. The minimum absolute atomic E-state index is 0.649. The first-order chi connectivity index (χ1) is 7.68. The van der Waals surface area contributed by atoms with E-state index in [0.717, 1.165) is 49.1 Å². The molecular formula is C11H18ClN3O. The molecule has 0 amide bonds. The number of ether oxygens (including phenoxy) is 1. The fourth-order valence-electron chi connectivity index (χ4n) is 2.02. The maximum Gasteiger partial charge on any atom is 0.131 e. The number of nitrogens with one attached hydrogen (secondary N) is 1. The summed E-state index contributed by atoms with van der Waals surface area (Å²) >= 11 is 6.15. The van der Waals surface area contributed by atoms with Gasteiger partial charge in [0.1, 0.15) is 5.15 Å². The molecule has 0 aromatic carbocycles. The van der Waals surface area contributed by atoms with Crippen molar-refractivity contribution in [2.45, 2.75) is 19.9 Å². The van der Waals surface area contributed by atoms with Gasteiger partial charge in [-0.05, 0) is 19.3 Å². The van der Waals surface area contributed by atoms with Crippen LogP contribution in [0.1, 0.15) is 17.7 Å². The van der Waals surface area contributed by atoms with Crippen molar-refractivity contribution in [1.82, 2.24) is 15.1 Å². The van der Waals surface area contributed by atoms with Gasteiger partial charge in [-0.2, -0.15) is 5.10 Å². The first-order valence-corrected chi connectivity index (χ1v) is 6.02. The molecule has 16 heavy (non-hydrogen) atoms. The normalized spacial score (nSPS) is 20.6. The van der Waals surface area contributed by atoms with Gasteiger partial charge >= 0.3 is 0 Å². The number of aryl methyl sites for hydroxylation is 2. The highest BCUT2D eigenvalue weighted by Gasteiger charge is 2.16. The Morgan fingerprint density at radius 2 is 2.44 bits per heavy atom. The number of rotatable bonds is 4. The first kappa shape index (κ1) is 11.9. The molecule has 90 valence electrons. The zero-order valence-electron chi connectivity index (χ0n) is 9.79. The summed E-state index contributed by atoms with van der Waals surface area (Å²) in [7, 11) is 1.86. The van der Waals surface area contributed by atoms with Gasteiger partial charge in [0.15, 0.2) is 0 Å². The zero-order valence-corrected chi connectivity index (χ0v) is 10.5. The maximum absolute atomic E-state index is 6.15. The molecule has 1 fully saturated rings. The fraction of sp³-hybridized carbons (Fsp3) is 0.727. The van der Waals surface area contributed by atoms with E-state index in [-0.39, 0.29) is 0 Å². The minimum Gasteiger partial charge on any atom is -0.381 e. The van der Waals surface area contributed by atoms with Crippen LogP contribution in [0, 0.1) is 12.8 Å². The van der Waals surface area contributed by atoms with Gasteiger partial charge in [-0.15, -0.1) is 0 Å². The van der Waals surface area contributed by atoms with Crippen LogP contribution in [0.2, 0.25) is 5.15 Å². The Morgan fingerprint density at radius 3 is 3.00 bits per heavy atom. The van der Waals surface area contributed by atoms with Crippen molar-refractivity contribution in [3.05, 3.63) is 16.4 Å². The van der Waals surface area contributed by atoms with Gasteiger partial charge in [0, 0.05) is 32.3 Å². The lowest BCUT2D eigenvalue weighted by molar-refractivity contribution is 0.185. The van der Waals surface area contributed by atoms with Gasteiger partial charge in [-0.25, -0.2) is 0 Å². The summed E-state index contributed by atoms with van der Waals surface area (Å²) in [6.07, 6.45) is 1.16. The third-order valence-corrected chi connectivity index (χ3v) is 3.50. The Balaban J connectivity index is 1.84. The molecule has 2 heterocycles. The van der Waals surface area contributed by atoms with Gasteiger partial charge in [0.25, 0.3) is 0 Å².